The molecular formula is C9H10Br2FNO. The number of aliphatic hydroxyl groups excluding tert-OH is 1. The summed E-state index contributed by atoms with van der Waals surface area (Å²) in [5.74, 6) is -0.368. The Hall–Kier alpha value is 0.0300. The first-order chi connectivity index (χ1) is 6.56. The van der Waals surface area contributed by atoms with E-state index < -0.39 is 6.04 Å². The van der Waals surface area contributed by atoms with Gasteiger partial charge < -0.3 is 10.8 Å². The molecule has 0 unspecified atom stereocenters. The summed E-state index contributed by atoms with van der Waals surface area (Å²) >= 11 is 6.41. The summed E-state index contributed by atoms with van der Waals surface area (Å²) in [7, 11) is 0. The number of aliphatic hydroxyl groups is 1. The second kappa shape index (κ2) is 5.21. The first kappa shape index (κ1) is 12.1. The fourth-order valence-corrected chi connectivity index (χ4v) is 2.66. The van der Waals surface area contributed by atoms with Gasteiger partial charge in [0.25, 0.3) is 0 Å². The highest BCUT2D eigenvalue weighted by atomic mass is 79.9. The van der Waals surface area contributed by atoms with E-state index in [0.717, 1.165) is 0 Å². The van der Waals surface area contributed by atoms with Gasteiger partial charge in [-0.2, -0.15) is 0 Å². The van der Waals surface area contributed by atoms with Crippen LogP contribution in [0.25, 0.3) is 0 Å². The standard InChI is InChI=1S/C9H10Br2FNO/c10-5-3-6(11)9(7(12)4-5)8(13)1-2-14/h3-4,8,14H,1-2,13H2/t8-/m1/s1. The van der Waals surface area contributed by atoms with E-state index in [4.69, 9.17) is 10.8 Å². The molecule has 0 spiro atoms. The van der Waals surface area contributed by atoms with E-state index in [2.05, 4.69) is 31.9 Å². The van der Waals surface area contributed by atoms with Gasteiger partial charge in [-0.05, 0) is 18.6 Å². The zero-order valence-corrected chi connectivity index (χ0v) is 10.5. The van der Waals surface area contributed by atoms with Crippen molar-refractivity contribution in [3.63, 3.8) is 0 Å². The lowest BCUT2D eigenvalue weighted by molar-refractivity contribution is 0.275. The van der Waals surface area contributed by atoms with Crippen LogP contribution in [0.2, 0.25) is 0 Å². The average Bonchev–Trinajstić information content (AvgIpc) is 2.01. The lowest BCUT2D eigenvalue weighted by Crippen LogP contribution is -2.14. The smallest absolute Gasteiger partial charge is 0.130 e. The Morgan fingerprint density at radius 2 is 2.07 bits per heavy atom. The fraction of sp³-hybridized carbons (Fsp3) is 0.333. The highest BCUT2D eigenvalue weighted by molar-refractivity contribution is 9.11. The molecule has 1 atom stereocenters. The van der Waals surface area contributed by atoms with E-state index in [0.29, 0.717) is 20.9 Å². The highest BCUT2D eigenvalue weighted by Gasteiger charge is 2.15. The molecule has 1 aromatic carbocycles. The second-order valence-corrected chi connectivity index (χ2v) is 4.67. The summed E-state index contributed by atoms with van der Waals surface area (Å²) < 4.78 is 14.7. The minimum absolute atomic E-state index is 0.0525. The van der Waals surface area contributed by atoms with E-state index in [1.165, 1.54) is 6.07 Å². The van der Waals surface area contributed by atoms with Crippen LogP contribution in [0, 0.1) is 5.82 Å². The van der Waals surface area contributed by atoms with Crippen molar-refractivity contribution in [1.29, 1.82) is 0 Å². The van der Waals surface area contributed by atoms with Crippen molar-refractivity contribution >= 4 is 31.9 Å². The SMILES string of the molecule is N[C@H](CCO)c1c(F)cc(Br)cc1Br. The Morgan fingerprint density at radius 3 is 2.57 bits per heavy atom. The van der Waals surface area contributed by atoms with Gasteiger partial charge in [-0.3, -0.25) is 0 Å². The summed E-state index contributed by atoms with van der Waals surface area (Å²) in [6.07, 6.45) is 0.344. The summed E-state index contributed by atoms with van der Waals surface area (Å²) in [4.78, 5) is 0. The Balaban J connectivity index is 3.07. The van der Waals surface area contributed by atoms with Crippen molar-refractivity contribution in [2.75, 3.05) is 6.61 Å². The molecule has 0 aliphatic rings. The monoisotopic (exact) mass is 325 g/mol. The predicted octanol–water partition coefficient (Wildman–Crippen LogP) is 2.73. The maximum Gasteiger partial charge on any atom is 0.130 e. The van der Waals surface area contributed by atoms with Crippen LogP contribution in [-0.2, 0) is 0 Å². The lowest BCUT2D eigenvalue weighted by Gasteiger charge is -2.13. The van der Waals surface area contributed by atoms with Crippen LogP contribution in [0.4, 0.5) is 4.39 Å². The van der Waals surface area contributed by atoms with Crippen molar-refractivity contribution in [3.05, 3.63) is 32.5 Å². The van der Waals surface area contributed by atoms with Crippen LogP contribution < -0.4 is 5.73 Å². The van der Waals surface area contributed by atoms with Gasteiger partial charge in [-0.25, -0.2) is 4.39 Å². The number of hydrogen-bond acceptors (Lipinski definition) is 2. The molecule has 5 heteroatoms. The van der Waals surface area contributed by atoms with Gasteiger partial charge >= 0.3 is 0 Å². The molecule has 0 heterocycles. The van der Waals surface area contributed by atoms with Gasteiger partial charge in [0.1, 0.15) is 5.82 Å². The molecule has 1 aromatic rings. The minimum atomic E-state index is -0.484. The average molecular weight is 327 g/mol. The van der Waals surface area contributed by atoms with Crippen LogP contribution >= 0.6 is 31.9 Å². The topological polar surface area (TPSA) is 46.2 Å². The maximum atomic E-state index is 13.5. The summed E-state index contributed by atoms with van der Waals surface area (Å²) in [6, 6.07) is 2.61. The Bertz CT molecular complexity index is 310. The number of nitrogens with two attached hydrogens (primary N) is 1. The number of halogens is 3. The zero-order chi connectivity index (χ0) is 10.7. The summed E-state index contributed by atoms with van der Waals surface area (Å²) in [5.41, 5.74) is 6.12. The Morgan fingerprint density at radius 1 is 1.43 bits per heavy atom. The van der Waals surface area contributed by atoms with Crippen molar-refractivity contribution in [3.8, 4) is 0 Å². The minimum Gasteiger partial charge on any atom is -0.396 e. The highest BCUT2D eigenvalue weighted by Crippen LogP contribution is 2.30. The molecule has 1 rings (SSSR count). The van der Waals surface area contributed by atoms with Crippen molar-refractivity contribution in [2.45, 2.75) is 12.5 Å². The summed E-state index contributed by atoms with van der Waals surface area (Å²) in [5, 5.41) is 8.71. The van der Waals surface area contributed by atoms with Crippen molar-refractivity contribution < 1.29 is 9.50 Å². The van der Waals surface area contributed by atoms with Crippen LogP contribution in [0.15, 0.2) is 21.1 Å². The second-order valence-electron chi connectivity index (χ2n) is 2.90. The molecular weight excluding hydrogens is 317 g/mol. The largest absolute Gasteiger partial charge is 0.396 e. The third-order valence-corrected chi connectivity index (χ3v) is 2.97. The van der Waals surface area contributed by atoms with Gasteiger partial charge in [0.2, 0.25) is 0 Å². The molecule has 0 radical (unpaired) electrons. The van der Waals surface area contributed by atoms with Crippen LogP contribution in [0.3, 0.4) is 0 Å². The van der Waals surface area contributed by atoms with Crippen molar-refractivity contribution in [2.24, 2.45) is 5.73 Å². The maximum absolute atomic E-state index is 13.5. The summed E-state index contributed by atoms with van der Waals surface area (Å²) in [6.45, 7) is -0.0525. The van der Waals surface area contributed by atoms with E-state index in [9.17, 15) is 4.39 Å². The third-order valence-electron chi connectivity index (χ3n) is 1.85. The Labute approximate surface area is 98.6 Å². The number of hydrogen-bond donors (Lipinski definition) is 2. The lowest BCUT2D eigenvalue weighted by atomic mass is 10.0. The van der Waals surface area contributed by atoms with E-state index in [-0.39, 0.29) is 12.4 Å². The molecule has 2 nitrogen and oxygen atoms in total. The van der Waals surface area contributed by atoms with Crippen LogP contribution in [-0.4, -0.2) is 11.7 Å². The molecule has 0 saturated heterocycles. The fourth-order valence-electron chi connectivity index (χ4n) is 1.19. The first-order valence-corrected chi connectivity index (χ1v) is 5.65. The van der Waals surface area contributed by atoms with Crippen molar-refractivity contribution in [1.82, 2.24) is 0 Å². The van der Waals surface area contributed by atoms with Gasteiger partial charge in [0.15, 0.2) is 0 Å². The quantitative estimate of drug-likeness (QED) is 0.897. The number of rotatable bonds is 3. The van der Waals surface area contributed by atoms with Gasteiger partial charge in [0, 0.05) is 27.2 Å². The zero-order valence-electron chi connectivity index (χ0n) is 7.30. The van der Waals surface area contributed by atoms with Gasteiger partial charge in [-0.1, -0.05) is 31.9 Å². The molecule has 0 aromatic heterocycles. The third kappa shape index (κ3) is 2.76. The molecule has 0 aliphatic carbocycles. The molecule has 3 N–H and O–H groups in total. The normalized spacial score (nSPS) is 12.9. The van der Waals surface area contributed by atoms with Crippen LogP contribution in [0.1, 0.15) is 18.0 Å². The molecule has 0 bridgehead atoms. The molecule has 0 fully saturated rings. The Kier molecular flexibility index (Phi) is 4.50. The number of benzene rings is 1. The molecule has 0 aliphatic heterocycles. The first-order valence-electron chi connectivity index (χ1n) is 4.07. The van der Waals surface area contributed by atoms with Gasteiger partial charge in [-0.15, -0.1) is 0 Å². The molecule has 78 valence electrons. The molecule has 0 saturated carbocycles. The molecule has 14 heavy (non-hydrogen) atoms. The van der Waals surface area contributed by atoms with Gasteiger partial charge in [0.05, 0.1) is 0 Å². The van der Waals surface area contributed by atoms with E-state index in [1.807, 2.05) is 0 Å². The van der Waals surface area contributed by atoms with E-state index in [1.54, 1.807) is 6.07 Å². The predicted molar refractivity (Wildman–Crippen MR) is 60.4 cm³/mol. The van der Waals surface area contributed by atoms with Crippen LogP contribution in [0.5, 0.6) is 0 Å². The molecule has 0 amide bonds. The van der Waals surface area contributed by atoms with E-state index >= 15 is 0 Å².